The van der Waals surface area contributed by atoms with Crippen molar-refractivity contribution in [3.05, 3.63) is 54.4 Å². The van der Waals surface area contributed by atoms with Gasteiger partial charge in [0.15, 0.2) is 12.0 Å². The fraction of sp³-hybridized carbons (Fsp3) is 0.0625. The molecular formula is C16H13N3O3. The molecule has 0 aliphatic heterocycles. The third-order valence-electron chi connectivity index (χ3n) is 3.03. The third-order valence-corrected chi connectivity index (χ3v) is 3.03. The molecule has 0 saturated carbocycles. The first-order valence-corrected chi connectivity index (χ1v) is 6.64. The van der Waals surface area contributed by atoms with Gasteiger partial charge in [-0.25, -0.2) is 4.98 Å². The van der Waals surface area contributed by atoms with Crippen LogP contribution in [-0.2, 0) is 4.79 Å². The Morgan fingerprint density at radius 3 is 2.59 bits per heavy atom. The lowest BCUT2D eigenvalue weighted by Gasteiger charge is -2.08. The number of hydrogen-bond donors (Lipinski definition) is 2. The molecule has 2 aromatic carbocycles. The maximum Gasteiger partial charge on any atom is 0.255 e. The standard InChI is InChI=1S/C16H13N3O3/c1-10(20)18-12-3-2-4-13(8-12)19-16(21)11-5-6-15-14(7-11)17-9-22-15/h2-9H,1H3,(H,18,20)(H,19,21). The molecule has 0 spiro atoms. The number of fused-ring (bicyclic) bond motifs is 1. The minimum absolute atomic E-state index is 0.167. The van der Waals surface area contributed by atoms with Gasteiger partial charge in [0.05, 0.1) is 0 Å². The van der Waals surface area contributed by atoms with E-state index in [1.807, 2.05) is 0 Å². The number of carbonyl (C=O) groups is 2. The molecule has 0 radical (unpaired) electrons. The second kappa shape index (κ2) is 5.69. The van der Waals surface area contributed by atoms with Gasteiger partial charge in [0.25, 0.3) is 5.91 Å². The number of anilines is 2. The predicted octanol–water partition coefficient (Wildman–Crippen LogP) is 3.04. The lowest BCUT2D eigenvalue weighted by molar-refractivity contribution is -0.114. The van der Waals surface area contributed by atoms with Gasteiger partial charge in [-0.15, -0.1) is 0 Å². The summed E-state index contributed by atoms with van der Waals surface area (Å²) >= 11 is 0. The summed E-state index contributed by atoms with van der Waals surface area (Å²) in [4.78, 5) is 27.3. The van der Waals surface area contributed by atoms with Crippen LogP contribution in [0.3, 0.4) is 0 Å². The molecule has 0 unspecified atom stereocenters. The summed E-state index contributed by atoms with van der Waals surface area (Å²) < 4.78 is 5.14. The number of hydrogen-bond acceptors (Lipinski definition) is 4. The maximum absolute atomic E-state index is 12.3. The minimum Gasteiger partial charge on any atom is -0.443 e. The second-order valence-corrected chi connectivity index (χ2v) is 4.75. The molecular weight excluding hydrogens is 282 g/mol. The molecule has 3 aromatic rings. The molecule has 0 bridgehead atoms. The van der Waals surface area contributed by atoms with E-state index in [0.717, 1.165) is 0 Å². The van der Waals surface area contributed by atoms with Crippen molar-refractivity contribution in [2.45, 2.75) is 6.92 Å². The first-order valence-electron chi connectivity index (χ1n) is 6.64. The van der Waals surface area contributed by atoms with Crippen molar-refractivity contribution >= 4 is 34.3 Å². The highest BCUT2D eigenvalue weighted by molar-refractivity contribution is 6.06. The number of nitrogens with zero attached hydrogens (tertiary/aromatic N) is 1. The fourth-order valence-corrected chi connectivity index (χ4v) is 2.08. The average Bonchev–Trinajstić information content (AvgIpc) is 2.94. The van der Waals surface area contributed by atoms with E-state index in [9.17, 15) is 9.59 Å². The number of carbonyl (C=O) groups excluding carboxylic acids is 2. The van der Waals surface area contributed by atoms with Gasteiger partial charge in [0, 0.05) is 23.9 Å². The summed E-state index contributed by atoms with van der Waals surface area (Å²) in [7, 11) is 0. The number of aromatic nitrogens is 1. The Balaban J connectivity index is 1.79. The van der Waals surface area contributed by atoms with Crippen LogP contribution >= 0.6 is 0 Å². The quantitative estimate of drug-likeness (QED) is 0.777. The number of nitrogens with one attached hydrogen (secondary N) is 2. The highest BCUT2D eigenvalue weighted by atomic mass is 16.3. The summed E-state index contributed by atoms with van der Waals surface area (Å²) in [5.74, 6) is -0.426. The SMILES string of the molecule is CC(=O)Nc1cccc(NC(=O)c2ccc3ocnc3c2)c1. The molecule has 0 aliphatic carbocycles. The molecule has 0 atom stereocenters. The van der Waals surface area contributed by atoms with Crippen LogP contribution in [0.15, 0.2) is 53.3 Å². The molecule has 0 saturated heterocycles. The third kappa shape index (κ3) is 2.95. The lowest BCUT2D eigenvalue weighted by atomic mass is 10.2. The largest absolute Gasteiger partial charge is 0.443 e. The monoisotopic (exact) mass is 295 g/mol. The van der Waals surface area contributed by atoms with Crippen LogP contribution in [0.25, 0.3) is 11.1 Å². The molecule has 2 amide bonds. The Morgan fingerprint density at radius 2 is 1.82 bits per heavy atom. The Labute approximate surface area is 126 Å². The van der Waals surface area contributed by atoms with E-state index in [4.69, 9.17) is 4.42 Å². The Kier molecular flexibility index (Phi) is 3.57. The smallest absolute Gasteiger partial charge is 0.255 e. The van der Waals surface area contributed by atoms with E-state index < -0.39 is 0 Å². The van der Waals surface area contributed by atoms with Crippen LogP contribution in [0.4, 0.5) is 11.4 Å². The zero-order valence-corrected chi connectivity index (χ0v) is 11.8. The minimum atomic E-state index is -0.259. The first-order chi connectivity index (χ1) is 10.6. The summed E-state index contributed by atoms with van der Waals surface area (Å²) in [5.41, 5.74) is 2.95. The van der Waals surface area contributed by atoms with Crippen molar-refractivity contribution < 1.29 is 14.0 Å². The Hall–Kier alpha value is -3.15. The number of oxazole rings is 1. The molecule has 0 aliphatic rings. The van der Waals surface area contributed by atoms with Gasteiger partial charge in [-0.2, -0.15) is 0 Å². The zero-order valence-electron chi connectivity index (χ0n) is 11.8. The second-order valence-electron chi connectivity index (χ2n) is 4.75. The van der Waals surface area contributed by atoms with Crippen LogP contribution < -0.4 is 10.6 Å². The van der Waals surface area contributed by atoms with E-state index in [-0.39, 0.29) is 11.8 Å². The molecule has 0 fully saturated rings. The number of amides is 2. The summed E-state index contributed by atoms with van der Waals surface area (Å²) in [5, 5.41) is 5.45. The topological polar surface area (TPSA) is 84.2 Å². The van der Waals surface area contributed by atoms with Crippen LogP contribution in [0.5, 0.6) is 0 Å². The zero-order chi connectivity index (χ0) is 15.5. The molecule has 6 heteroatoms. The van der Waals surface area contributed by atoms with Crippen LogP contribution in [0.2, 0.25) is 0 Å². The van der Waals surface area contributed by atoms with Gasteiger partial charge in [-0.3, -0.25) is 9.59 Å². The van der Waals surface area contributed by atoms with Crippen molar-refractivity contribution in [3.63, 3.8) is 0 Å². The van der Waals surface area contributed by atoms with Gasteiger partial charge < -0.3 is 15.1 Å². The van der Waals surface area contributed by atoms with Gasteiger partial charge in [-0.1, -0.05) is 6.07 Å². The molecule has 110 valence electrons. The first kappa shape index (κ1) is 13.8. The number of benzene rings is 2. The van der Waals surface area contributed by atoms with Crippen molar-refractivity contribution in [1.82, 2.24) is 4.98 Å². The van der Waals surface area contributed by atoms with Gasteiger partial charge in [-0.05, 0) is 36.4 Å². The molecule has 1 heterocycles. The summed E-state index contributed by atoms with van der Waals surface area (Å²) in [6.45, 7) is 1.43. The fourth-order valence-electron chi connectivity index (χ4n) is 2.08. The van der Waals surface area contributed by atoms with Crippen molar-refractivity contribution in [2.75, 3.05) is 10.6 Å². The van der Waals surface area contributed by atoms with Crippen molar-refractivity contribution in [2.24, 2.45) is 0 Å². The van der Waals surface area contributed by atoms with E-state index in [1.165, 1.54) is 13.3 Å². The average molecular weight is 295 g/mol. The lowest BCUT2D eigenvalue weighted by Crippen LogP contribution is -2.12. The highest BCUT2D eigenvalue weighted by Gasteiger charge is 2.09. The predicted molar refractivity (Wildman–Crippen MR) is 82.7 cm³/mol. The Morgan fingerprint density at radius 1 is 1.05 bits per heavy atom. The van der Waals surface area contributed by atoms with E-state index in [1.54, 1.807) is 42.5 Å². The summed E-state index contributed by atoms with van der Waals surface area (Å²) in [6, 6.07) is 12.0. The number of rotatable bonds is 3. The van der Waals surface area contributed by atoms with Crippen molar-refractivity contribution in [3.8, 4) is 0 Å². The molecule has 2 N–H and O–H groups in total. The normalized spacial score (nSPS) is 10.4. The molecule has 6 nitrogen and oxygen atoms in total. The van der Waals surface area contributed by atoms with Crippen LogP contribution in [0, 0.1) is 0 Å². The molecule has 22 heavy (non-hydrogen) atoms. The highest BCUT2D eigenvalue weighted by Crippen LogP contribution is 2.18. The van der Waals surface area contributed by atoms with Gasteiger partial charge >= 0.3 is 0 Å². The Bertz CT molecular complexity index is 854. The van der Waals surface area contributed by atoms with Crippen LogP contribution in [-0.4, -0.2) is 16.8 Å². The van der Waals surface area contributed by atoms with Crippen LogP contribution in [0.1, 0.15) is 17.3 Å². The van der Waals surface area contributed by atoms with Gasteiger partial charge in [0.2, 0.25) is 5.91 Å². The van der Waals surface area contributed by atoms with E-state index in [2.05, 4.69) is 15.6 Å². The van der Waals surface area contributed by atoms with E-state index >= 15 is 0 Å². The summed E-state index contributed by atoms with van der Waals surface area (Å²) in [6.07, 6.45) is 1.34. The molecule has 1 aromatic heterocycles. The molecule has 3 rings (SSSR count). The van der Waals surface area contributed by atoms with Crippen molar-refractivity contribution in [1.29, 1.82) is 0 Å². The van der Waals surface area contributed by atoms with Gasteiger partial charge in [0.1, 0.15) is 5.52 Å². The van der Waals surface area contributed by atoms with E-state index in [0.29, 0.717) is 28.0 Å². The maximum atomic E-state index is 12.3.